The van der Waals surface area contributed by atoms with Gasteiger partial charge in [-0.15, -0.1) is 0 Å². The lowest BCUT2D eigenvalue weighted by molar-refractivity contribution is 0.0596. The molecule has 28 heavy (non-hydrogen) atoms. The number of methoxy groups -OCH3 is 1. The van der Waals surface area contributed by atoms with Gasteiger partial charge < -0.3 is 9.47 Å². The number of hydrogen-bond acceptors (Lipinski definition) is 9. The second kappa shape index (κ2) is 9.09. The molecule has 1 heterocycles. The van der Waals surface area contributed by atoms with Gasteiger partial charge in [-0.2, -0.15) is 15.0 Å². The first-order valence-corrected chi connectivity index (χ1v) is 10.3. The van der Waals surface area contributed by atoms with Crippen LogP contribution in [-0.2, 0) is 14.8 Å². The van der Waals surface area contributed by atoms with Crippen LogP contribution < -0.4 is 14.8 Å². The van der Waals surface area contributed by atoms with Crippen LogP contribution in [0.5, 0.6) is 6.01 Å². The number of aromatic nitrogens is 3. The van der Waals surface area contributed by atoms with E-state index in [0.29, 0.717) is 10.2 Å². The number of aryl methyl sites for hydroxylation is 1. The maximum absolute atomic E-state index is 12.6. The van der Waals surface area contributed by atoms with Gasteiger partial charge in [0.15, 0.2) is 0 Å². The Hall–Kier alpha value is -2.55. The summed E-state index contributed by atoms with van der Waals surface area (Å²) in [5, 5.41) is 2.20. The first kappa shape index (κ1) is 21.7. The molecular formula is C15H16IN5O6S. The quantitative estimate of drug-likeness (QED) is 0.426. The van der Waals surface area contributed by atoms with Crippen LogP contribution in [-0.4, -0.2) is 49.1 Å². The van der Waals surface area contributed by atoms with Crippen LogP contribution in [0.1, 0.15) is 23.1 Å². The summed E-state index contributed by atoms with van der Waals surface area (Å²) in [6, 6.07) is 2.93. The number of rotatable bonds is 6. The van der Waals surface area contributed by atoms with E-state index in [0.717, 1.165) is 7.11 Å². The fourth-order valence-corrected chi connectivity index (χ4v) is 3.84. The maximum Gasteiger partial charge on any atom is 0.339 e. The van der Waals surface area contributed by atoms with Crippen LogP contribution in [0, 0.1) is 10.5 Å². The minimum Gasteiger partial charge on any atom is -0.465 e. The summed E-state index contributed by atoms with van der Waals surface area (Å²) < 4.78 is 37.3. The molecular weight excluding hydrogens is 505 g/mol. The van der Waals surface area contributed by atoms with E-state index >= 15 is 0 Å². The largest absolute Gasteiger partial charge is 0.465 e. The van der Waals surface area contributed by atoms with Crippen LogP contribution in [0.15, 0.2) is 23.1 Å². The van der Waals surface area contributed by atoms with E-state index in [4.69, 9.17) is 4.74 Å². The van der Waals surface area contributed by atoms with Crippen molar-refractivity contribution in [3.05, 3.63) is 33.2 Å². The topological polar surface area (TPSA) is 149 Å². The van der Waals surface area contributed by atoms with Gasteiger partial charge in [0.05, 0.1) is 19.3 Å². The highest BCUT2D eigenvalue weighted by Crippen LogP contribution is 2.20. The van der Waals surface area contributed by atoms with Crippen LogP contribution in [0.4, 0.5) is 10.7 Å². The normalized spacial score (nSPS) is 10.9. The Labute approximate surface area is 174 Å². The van der Waals surface area contributed by atoms with Crippen LogP contribution >= 0.6 is 22.6 Å². The number of nitrogens with zero attached hydrogens (tertiary/aromatic N) is 3. The first-order chi connectivity index (χ1) is 13.2. The van der Waals surface area contributed by atoms with Crippen molar-refractivity contribution >= 4 is 50.6 Å². The van der Waals surface area contributed by atoms with Crippen molar-refractivity contribution in [2.45, 2.75) is 18.7 Å². The second-order valence-electron chi connectivity index (χ2n) is 5.11. The van der Waals surface area contributed by atoms with Gasteiger partial charge >= 0.3 is 18.0 Å². The molecule has 0 aliphatic carbocycles. The molecule has 0 unspecified atom stereocenters. The number of carbonyl (C=O) groups is 2. The molecule has 0 aliphatic heterocycles. The molecule has 0 radical (unpaired) electrons. The van der Waals surface area contributed by atoms with Crippen molar-refractivity contribution < 1.29 is 27.5 Å². The predicted molar refractivity (Wildman–Crippen MR) is 106 cm³/mol. The minimum atomic E-state index is -4.39. The van der Waals surface area contributed by atoms with E-state index in [9.17, 15) is 18.0 Å². The molecule has 2 N–H and O–H groups in total. The van der Waals surface area contributed by atoms with Gasteiger partial charge in [0.25, 0.3) is 10.0 Å². The van der Waals surface area contributed by atoms with E-state index in [2.05, 4.69) is 25.0 Å². The average molecular weight is 521 g/mol. The molecule has 11 nitrogen and oxygen atoms in total. The number of amides is 2. The zero-order valence-electron chi connectivity index (χ0n) is 15.0. The Kier molecular flexibility index (Phi) is 7.06. The lowest BCUT2D eigenvalue weighted by Gasteiger charge is -2.11. The van der Waals surface area contributed by atoms with E-state index in [-0.39, 0.29) is 23.3 Å². The number of urea groups is 1. The molecule has 0 saturated carbocycles. The molecule has 1 aromatic heterocycles. The smallest absolute Gasteiger partial charge is 0.339 e. The monoisotopic (exact) mass is 521 g/mol. The third-order valence-corrected chi connectivity index (χ3v) is 5.13. The number of nitrogens with one attached hydrogen (secondary N) is 2. The highest BCUT2D eigenvalue weighted by Gasteiger charge is 2.26. The molecule has 2 aromatic rings. The van der Waals surface area contributed by atoms with Gasteiger partial charge in [-0.25, -0.2) is 22.7 Å². The number of esters is 1. The number of anilines is 1. The predicted octanol–water partition coefficient (Wildman–Crippen LogP) is 1.48. The summed E-state index contributed by atoms with van der Waals surface area (Å²) in [7, 11) is -3.27. The van der Waals surface area contributed by atoms with E-state index < -0.39 is 26.9 Å². The highest BCUT2D eigenvalue weighted by atomic mass is 127. The third-order valence-electron chi connectivity index (χ3n) is 3.09. The average Bonchev–Trinajstić information content (AvgIpc) is 2.60. The summed E-state index contributed by atoms with van der Waals surface area (Å²) in [5.74, 6) is -0.784. The summed E-state index contributed by atoms with van der Waals surface area (Å²) in [6.45, 7) is 3.58. The lowest BCUT2D eigenvalue weighted by atomic mass is 10.2. The summed E-state index contributed by atoms with van der Waals surface area (Å²) in [6.07, 6.45) is 0. The molecule has 0 aliphatic rings. The minimum absolute atomic E-state index is 0.0150. The Morgan fingerprint density at radius 2 is 1.93 bits per heavy atom. The Morgan fingerprint density at radius 1 is 1.21 bits per heavy atom. The number of carbonyl (C=O) groups excluding carboxylic acids is 2. The Balaban J connectivity index is 2.27. The molecule has 0 bridgehead atoms. The van der Waals surface area contributed by atoms with E-state index in [1.165, 1.54) is 18.2 Å². The maximum atomic E-state index is 12.6. The molecule has 2 rings (SSSR count). The number of halogens is 1. The summed E-state index contributed by atoms with van der Waals surface area (Å²) in [4.78, 5) is 35.3. The van der Waals surface area contributed by atoms with Gasteiger partial charge in [-0.3, -0.25) is 5.32 Å². The van der Waals surface area contributed by atoms with Gasteiger partial charge in [-0.05, 0) is 54.6 Å². The number of ether oxygens (including phenoxy) is 2. The zero-order valence-corrected chi connectivity index (χ0v) is 18.0. The van der Waals surface area contributed by atoms with Crippen molar-refractivity contribution in [3.63, 3.8) is 0 Å². The molecule has 13 heteroatoms. The Morgan fingerprint density at radius 3 is 2.57 bits per heavy atom. The summed E-state index contributed by atoms with van der Waals surface area (Å²) in [5.41, 5.74) is -0.210. The van der Waals surface area contributed by atoms with Gasteiger partial charge in [0, 0.05) is 3.57 Å². The molecule has 0 fully saturated rings. The van der Waals surface area contributed by atoms with Crippen LogP contribution in [0.3, 0.4) is 0 Å². The molecule has 1 aromatic carbocycles. The fourth-order valence-electron chi connectivity index (χ4n) is 2.01. The second-order valence-corrected chi connectivity index (χ2v) is 8.01. The standard InChI is InChI=1S/C15H16IN5O6S/c1-4-27-15-18-8(2)17-13(20-15)19-14(23)21-28(24,25)11-7-9(16)5-6-10(11)12(22)26-3/h5-7H,4H2,1-3H3,(H2,17,18,19,20,21,23). The Bertz CT molecular complexity index is 1010. The third kappa shape index (κ3) is 5.48. The number of hydrogen-bond donors (Lipinski definition) is 2. The first-order valence-electron chi connectivity index (χ1n) is 7.73. The van der Waals surface area contributed by atoms with Gasteiger partial charge in [-0.1, -0.05) is 0 Å². The van der Waals surface area contributed by atoms with Crippen molar-refractivity contribution in [2.75, 3.05) is 19.0 Å². The number of sulfonamides is 1. The molecule has 0 atom stereocenters. The van der Waals surface area contributed by atoms with Crippen molar-refractivity contribution in [1.82, 2.24) is 19.7 Å². The summed E-state index contributed by atoms with van der Waals surface area (Å²) >= 11 is 1.88. The zero-order chi connectivity index (χ0) is 20.9. The van der Waals surface area contributed by atoms with Gasteiger partial charge in [0.2, 0.25) is 5.95 Å². The van der Waals surface area contributed by atoms with E-state index in [1.54, 1.807) is 13.8 Å². The van der Waals surface area contributed by atoms with Crippen molar-refractivity contribution in [1.29, 1.82) is 0 Å². The van der Waals surface area contributed by atoms with Crippen molar-refractivity contribution in [2.24, 2.45) is 0 Å². The molecule has 2 amide bonds. The lowest BCUT2D eigenvalue weighted by Crippen LogP contribution is -2.35. The molecule has 150 valence electrons. The molecule has 0 saturated heterocycles. The highest BCUT2D eigenvalue weighted by molar-refractivity contribution is 14.1. The van der Waals surface area contributed by atoms with Crippen LogP contribution in [0.2, 0.25) is 0 Å². The molecule has 0 spiro atoms. The fraction of sp³-hybridized carbons (Fsp3) is 0.267. The SMILES string of the molecule is CCOc1nc(C)nc(NC(=O)NS(=O)(=O)c2cc(I)ccc2C(=O)OC)n1. The number of benzene rings is 1. The van der Waals surface area contributed by atoms with Crippen LogP contribution in [0.25, 0.3) is 0 Å². The van der Waals surface area contributed by atoms with Gasteiger partial charge in [0.1, 0.15) is 10.7 Å². The van der Waals surface area contributed by atoms with Crippen molar-refractivity contribution in [3.8, 4) is 6.01 Å². The van der Waals surface area contributed by atoms with E-state index in [1.807, 2.05) is 27.3 Å².